The highest BCUT2D eigenvalue weighted by Crippen LogP contribution is 2.33. The summed E-state index contributed by atoms with van der Waals surface area (Å²) < 4.78 is 48.2. The molecule has 40 heavy (non-hydrogen) atoms. The van der Waals surface area contributed by atoms with Gasteiger partial charge in [0.25, 0.3) is 0 Å². The molecule has 0 saturated heterocycles. The molecule has 6 N–H and O–H groups in total. The molecule has 2 aromatic carbocycles. The summed E-state index contributed by atoms with van der Waals surface area (Å²) >= 11 is 0.893. The zero-order valence-electron chi connectivity index (χ0n) is 22.7. The molecule has 0 aromatic heterocycles. The molecule has 1 atom stereocenters. The van der Waals surface area contributed by atoms with Crippen LogP contribution in [-0.2, 0) is 27.8 Å². The smallest absolute Gasteiger partial charge is 0.416 e. The fourth-order valence-electron chi connectivity index (χ4n) is 3.51. The number of amides is 4. The van der Waals surface area contributed by atoms with Crippen molar-refractivity contribution in [3.05, 3.63) is 59.2 Å². The lowest BCUT2D eigenvalue weighted by molar-refractivity contribution is -0.155. The van der Waals surface area contributed by atoms with Gasteiger partial charge in [0.15, 0.2) is 0 Å². The Bertz CT molecular complexity index is 1250. The van der Waals surface area contributed by atoms with E-state index in [4.69, 9.17) is 10.5 Å². The zero-order valence-corrected chi connectivity index (χ0v) is 23.5. The molecule has 218 valence electrons. The van der Waals surface area contributed by atoms with Crippen LogP contribution in [0.15, 0.2) is 47.4 Å². The zero-order chi connectivity index (χ0) is 29.7. The number of carbonyl (C=O) groups is 3. The number of hydrogen-bond acceptors (Lipinski definition) is 6. The lowest BCUT2D eigenvalue weighted by atomic mass is 9.91. The molecule has 0 radical (unpaired) electrons. The van der Waals surface area contributed by atoms with Gasteiger partial charge in [-0.1, -0.05) is 24.3 Å². The molecular weight excluding hydrogens is 547 g/mol. The molecule has 2 aromatic rings. The molecule has 0 heterocycles. The Labute approximate surface area is 235 Å². The summed E-state index contributed by atoms with van der Waals surface area (Å²) in [7, 11) is 0. The predicted octanol–water partition coefficient (Wildman–Crippen LogP) is 5.06. The number of para-hydroxylation sites is 1. The van der Waals surface area contributed by atoms with Gasteiger partial charge in [0.2, 0.25) is 0 Å². The molecule has 1 aliphatic carbocycles. The van der Waals surface area contributed by atoms with E-state index in [1.54, 1.807) is 39.0 Å². The van der Waals surface area contributed by atoms with E-state index in [1.807, 2.05) is 0 Å². The van der Waals surface area contributed by atoms with E-state index in [9.17, 15) is 27.6 Å². The standard InChI is InChI=1S/C27H34F3N5O4S/c1-25(2,3)22(36)39-15-26(4,17-8-6-9-18(13-17)27(28,29)30)34-24(38)35-40-20-10-5-7-16(21(20)31)14-32-23(37)33-19-11-12-19/h5-10,13,19H,11-12,14-15,31H2,1-4H3,(H2,32,33,37)(H2,34,35,38). The Morgan fingerprint density at radius 3 is 2.27 bits per heavy atom. The Kier molecular flexibility index (Phi) is 9.49. The van der Waals surface area contributed by atoms with Crippen molar-refractivity contribution in [3.63, 3.8) is 0 Å². The maximum absolute atomic E-state index is 13.4. The number of nitrogens with one attached hydrogen (secondary N) is 4. The first kappa shape index (κ1) is 30.9. The molecule has 1 unspecified atom stereocenters. The maximum Gasteiger partial charge on any atom is 0.416 e. The van der Waals surface area contributed by atoms with E-state index >= 15 is 0 Å². The molecule has 4 amide bonds. The number of ether oxygens (including phenoxy) is 1. The van der Waals surface area contributed by atoms with Crippen LogP contribution in [0, 0.1) is 5.41 Å². The normalized spacial score (nSPS) is 15.0. The number of benzene rings is 2. The Morgan fingerprint density at radius 1 is 1.00 bits per heavy atom. The summed E-state index contributed by atoms with van der Waals surface area (Å²) in [4.78, 5) is 37.8. The number of carbonyl (C=O) groups excluding carboxylic acids is 3. The van der Waals surface area contributed by atoms with Gasteiger partial charge in [-0.2, -0.15) is 13.2 Å². The fraction of sp³-hybridized carbons (Fsp3) is 0.444. The lowest BCUT2D eigenvalue weighted by Gasteiger charge is -2.32. The third-order valence-electron chi connectivity index (χ3n) is 6.08. The molecule has 1 saturated carbocycles. The summed E-state index contributed by atoms with van der Waals surface area (Å²) in [6.07, 6.45) is -2.68. The molecule has 13 heteroatoms. The van der Waals surface area contributed by atoms with E-state index in [0.717, 1.165) is 36.9 Å². The van der Waals surface area contributed by atoms with Gasteiger partial charge in [0, 0.05) is 12.6 Å². The predicted molar refractivity (Wildman–Crippen MR) is 146 cm³/mol. The van der Waals surface area contributed by atoms with Crippen LogP contribution in [0.25, 0.3) is 0 Å². The van der Waals surface area contributed by atoms with Gasteiger partial charge < -0.3 is 26.4 Å². The van der Waals surface area contributed by atoms with Crippen molar-refractivity contribution in [2.45, 2.75) is 69.7 Å². The van der Waals surface area contributed by atoms with Crippen molar-refractivity contribution in [3.8, 4) is 0 Å². The number of nitrogens with two attached hydrogens (primary N) is 1. The average molecular weight is 582 g/mol. The number of hydrogen-bond donors (Lipinski definition) is 5. The van der Waals surface area contributed by atoms with E-state index in [2.05, 4.69) is 20.7 Å². The second-order valence-electron chi connectivity index (χ2n) is 10.8. The van der Waals surface area contributed by atoms with Crippen LogP contribution in [0.2, 0.25) is 0 Å². The van der Waals surface area contributed by atoms with E-state index < -0.39 is 41.3 Å². The highest BCUT2D eigenvalue weighted by Gasteiger charge is 2.36. The molecule has 9 nitrogen and oxygen atoms in total. The number of halogens is 3. The molecule has 1 aliphatic rings. The number of anilines is 1. The first-order valence-corrected chi connectivity index (χ1v) is 13.4. The van der Waals surface area contributed by atoms with Crippen molar-refractivity contribution in [1.82, 2.24) is 20.7 Å². The fourth-order valence-corrected chi connectivity index (χ4v) is 4.15. The van der Waals surface area contributed by atoms with Crippen LogP contribution in [0.1, 0.15) is 57.2 Å². The minimum Gasteiger partial charge on any atom is -0.462 e. The van der Waals surface area contributed by atoms with Gasteiger partial charge in [0.1, 0.15) is 6.61 Å². The summed E-state index contributed by atoms with van der Waals surface area (Å²) in [5, 5.41) is 8.20. The summed E-state index contributed by atoms with van der Waals surface area (Å²) in [5.74, 6) is -0.578. The molecule has 3 rings (SSSR count). The largest absolute Gasteiger partial charge is 0.462 e. The molecular formula is C27H34F3N5O4S. The number of rotatable bonds is 9. The SMILES string of the molecule is CC(C)(C)C(=O)OCC(C)(NC(=O)NSc1cccc(CNC(=O)NC2CC2)c1N)c1cccc(C(F)(F)F)c1. The van der Waals surface area contributed by atoms with E-state index in [1.165, 1.54) is 19.1 Å². The van der Waals surface area contributed by atoms with Gasteiger partial charge in [-0.15, -0.1) is 0 Å². The summed E-state index contributed by atoms with van der Waals surface area (Å²) in [5.41, 5.74) is 4.06. The van der Waals surface area contributed by atoms with Crippen LogP contribution in [0.5, 0.6) is 0 Å². The topological polar surface area (TPSA) is 135 Å². The lowest BCUT2D eigenvalue weighted by Crippen LogP contribution is -2.50. The Hall–Kier alpha value is -3.61. The molecule has 0 spiro atoms. The second kappa shape index (κ2) is 12.3. The van der Waals surface area contributed by atoms with Gasteiger partial charge in [0.05, 0.1) is 27.1 Å². The van der Waals surface area contributed by atoms with Gasteiger partial charge in [-0.05, 0) is 81.8 Å². The first-order chi connectivity index (χ1) is 18.6. The minimum absolute atomic E-state index is 0.0984. The van der Waals surface area contributed by atoms with Crippen LogP contribution in [0.3, 0.4) is 0 Å². The Balaban J connectivity index is 1.71. The highest BCUT2D eigenvalue weighted by molar-refractivity contribution is 7.98. The highest BCUT2D eigenvalue weighted by atomic mass is 32.2. The van der Waals surface area contributed by atoms with E-state index in [0.29, 0.717) is 16.1 Å². The van der Waals surface area contributed by atoms with Gasteiger partial charge in [-0.25, -0.2) is 9.59 Å². The molecule has 0 aliphatic heterocycles. The third-order valence-corrected chi connectivity index (χ3v) is 6.95. The Morgan fingerprint density at radius 2 is 1.65 bits per heavy atom. The van der Waals surface area contributed by atoms with Crippen LogP contribution < -0.4 is 26.4 Å². The average Bonchev–Trinajstić information content (AvgIpc) is 3.69. The third kappa shape index (κ3) is 8.70. The minimum atomic E-state index is -4.60. The first-order valence-electron chi connectivity index (χ1n) is 12.6. The van der Waals surface area contributed by atoms with Gasteiger partial charge >= 0.3 is 24.2 Å². The summed E-state index contributed by atoms with van der Waals surface area (Å²) in [6.45, 7) is 6.16. The number of alkyl halides is 3. The van der Waals surface area contributed by atoms with Crippen molar-refractivity contribution >= 4 is 35.7 Å². The molecule has 1 fully saturated rings. The quantitative estimate of drug-likeness (QED) is 0.160. The van der Waals surface area contributed by atoms with E-state index in [-0.39, 0.29) is 24.2 Å². The van der Waals surface area contributed by atoms with Crippen molar-refractivity contribution < 1.29 is 32.3 Å². The maximum atomic E-state index is 13.4. The second-order valence-corrected chi connectivity index (χ2v) is 11.7. The van der Waals surface area contributed by atoms with Gasteiger partial charge in [-0.3, -0.25) is 9.52 Å². The van der Waals surface area contributed by atoms with Crippen molar-refractivity contribution in [2.24, 2.45) is 5.41 Å². The number of urea groups is 2. The monoisotopic (exact) mass is 581 g/mol. The number of nitrogen functional groups attached to an aromatic ring is 1. The number of esters is 1. The van der Waals surface area contributed by atoms with Crippen LogP contribution >= 0.6 is 11.9 Å². The van der Waals surface area contributed by atoms with Crippen LogP contribution in [-0.4, -0.2) is 30.7 Å². The summed E-state index contributed by atoms with van der Waals surface area (Å²) in [6, 6.07) is 8.77. The van der Waals surface area contributed by atoms with Crippen LogP contribution in [0.4, 0.5) is 28.4 Å². The molecule has 0 bridgehead atoms. The van der Waals surface area contributed by atoms with Crippen molar-refractivity contribution in [2.75, 3.05) is 12.3 Å². The van der Waals surface area contributed by atoms with Crippen molar-refractivity contribution in [1.29, 1.82) is 0 Å².